The first-order valence-corrected chi connectivity index (χ1v) is 9.11. The Labute approximate surface area is 157 Å². The largest absolute Gasteiger partial charge is 0.469 e. The number of aromatic nitrogens is 2. The van der Waals surface area contributed by atoms with Crippen molar-refractivity contribution in [2.75, 3.05) is 37.5 Å². The van der Waals surface area contributed by atoms with E-state index in [1.54, 1.807) is 13.2 Å². The Balaban J connectivity index is 1.84. The number of oxazole rings is 1. The molecule has 3 rings (SSSR count). The van der Waals surface area contributed by atoms with E-state index in [9.17, 15) is 4.79 Å². The van der Waals surface area contributed by atoms with Crippen LogP contribution < -0.4 is 10.2 Å². The van der Waals surface area contributed by atoms with Crippen molar-refractivity contribution in [3.05, 3.63) is 23.0 Å². The summed E-state index contributed by atoms with van der Waals surface area (Å²) in [5, 5.41) is 3.63. The van der Waals surface area contributed by atoms with Gasteiger partial charge in [0.2, 0.25) is 5.89 Å². The summed E-state index contributed by atoms with van der Waals surface area (Å²) in [4.78, 5) is 22.8. The van der Waals surface area contributed by atoms with Gasteiger partial charge in [-0.1, -0.05) is 18.5 Å². The fraction of sp³-hybridized carbons (Fsp3) is 0.500. The van der Waals surface area contributed by atoms with Crippen LogP contribution in [0.25, 0.3) is 11.5 Å². The van der Waals surface area contributed by atoms with Crippen LogP contribution in [0.3, 0.4) is 0 Å². The lowest BCUT2D eigenvalue weighted by Gasteiger charge is -2.32. The second kappa shape index (κ2) is 7.95. The number of hydrogen-bond acceptors (Lipinski definition) is 7. The van der Waals surface area contributed by atoms with Crippen LogP contribution in [-0.4, -0.2) is 43.2 Å². The number of hydrogen-bond donors (Lipinski definition) is 1. The standard InChI is InChI=1S/C18H23ClN4O3/c1-4-12-10-21-17(26-12)13-9-14(19)16(22-15(13)20-2)23-7-5-11(6-8-23)18(24)25-3/h9-11H,4-8H2,1-3H3,(H,20,22). The third kappa shape index (κ3) is 3.62. The Kier molecular flexibility index (Phi) is 5.66. The number of halogens is 1. The molecule has 8 heteroatoms. The van der Waals surface area contributed by atoms with Gasteiger partial charge in [-0.15, -0.1) is 0 Å². The molecular weight excluding hydrogens is 356 g/mol. The zero-order chi connectivity index (χ0) is 18.7. The summed E-state index contributed by atoms with van der Waals surface area (Å²) in [6.45, 7) is 3.41. The molecule has 0 unspecified atom stereocenters. The highest BCUT2D eigenvalue weighted by molar-refractivity contribution is 6.33. The number of pyridine rings is 1. The van der Waals surface area contributed by atoms with E-state index >= 15 is 0 Å². The minimum absolute atomic E-state index is 0.0575. The third-order valence-corrected chi connectivity index (χ3v) is 4.93. The monoisotopic (exact) mass is 378 g/mol. The van der Waals surface area contributed by atoms with E-state index in [2.05, 4.69) is 20.2 Å². The number of ether oxygens (including phenoxy) is 1. The van der Waals surface area contributed by atoms with Crippen molar-refractivity contribution in [2.24, 2.45) is 5.92 Å². The number of aryl methyl sites for hydroxylation is 1. The SMILES string of the molecule is CCc1cnc(-c2cc(Cl)c(N3CCC(C(=O)OC)CC3)nc2NC)o1. The van der Waals surface area contributed by atoms with E-state index in [0.29, 0.717) is 35.6 Å². The van der Waals surface area contributed by atoms with E-state index in [1.807, 2.05) is 13.0 Å². The molecule has 1 saturated heterocycles. The van der Waals surface area contributed by atoms with Crippen LogP contribution in [-0.2, 0) is 16.0 Å². The summed E-state index contributed by atoms with van der Waals surface area (Å²) in [5.74, 6) is 2.46. The molecule has 0 spiro atoms. The number of carbonyl (C=O) groups excluding carboxylic acids is 1. The lowest BCUT2D eigenvalue weighted by molar-refractivity contribution is -0.146. The first-order chi connectivity index (χ1) is 12.6. The molecule has 26 heavy (non-hydrogen) atoms. The number of rotatable bonds is 5. The Morgan fingerprint density at radius 1 is 1.46 bits per heavy atom. The van der Waals surface area contributed by atoms with E-state index < -0.39 is 0 Å². The molecule has 0 radical (unpaired) electrons. The number of piperidine rings is 1. The molecule has 2 aromatic heterocycles. The molecule has 0 aromatic carbocycles. The van der Waals surface area contributed by atoms with Crippen LogP contribution in [0, 0.1) is 5.92 Å². The van der Waals surface area contributed by atoms with Gasteiger partial charge in [-0.05, 0) is 18.9 Å². The molecule has 1 N–H and O–H groups in total. The molecule has 0 aliphatic carbocycles. The van der Waals surface area contributed by atoms with Gasteiger partial charge in [-0.25, -0.2) is 9.97 Å². The number of methoxy groups -OCH3 is 1. The number of esters is 1. The van der Waals surface area contributed by atoms with E-state index in [1.165, 1.54) is 7.11 Å². The van der Waals surface area contributed by atoms with E-state index in [4.69, 9.17) is 20.8 Å². The maximum Gasteiger partial charge on any atom is 0.308 e. The highest BCUT2D eigenvalue weighted by Crippen LogP contribution is 2.36. The molecule has 140 valence electrons. The van der Waals surface area contributed by atoms with E-state index in [-0.39, 0.29) is 11.9 Å². The van der Waals surface area contributed by atoms with Crippen LogP contribution >= 0.6 is 11.6 Å². The lowest BCUT2D eigenvalue weighted by atomic mass is 9.97. The van der Waals surface area contributed by atoms with Gasteiger partial charge in [0, 0.05) is 26.6 Å². The normalized spacial score (nSPS) is 15.2. The molecule has 2 aromatic rings. The zero-order valence-corrected chi connectivity index (χ0v) is 16.0. The van der Waals surface area contributed by atoms with E-state index in [0.717, 1.165) is 30.6 Å². The summed E-state index contributed by atoms with van der Waals surface area (Å²) in [5.41, 5.74) is 0.727. The zero-order valence-electron chi connectivity index (χ0n) is 15.2. The number of nitrogens with one attached hydrogen (secondary N) is 1. The molecule has 1 aliphatic rings. The van der Waals surface area contributed by atoms with Gasteiger partial charge in [0.1, 0.15) is 17.4 Å². The van der Waals surface area contributed by atoms with Crippen molar-refractivity contribution in [3.63, 3.8) is 0 Å². The molecule has 0 saturated carbocycles. The van der Waals surface area contributed by atoms with Crippen LogP contribution in [0.1, 0.15) is 25.5 Å². The van der Waals surface area contributed by atoms with Gasteiger partial charge in [-0.3, -0.25) is 4.79 Å². The first-order valence-electron chi connectivity index (χ1n) is 8.73. The maximum absolute atomic E-state index is 11.7. The second-order valence-corrected chi connectivity index (χ2v) is 6.62. The van der Waals surface area contributed by atoms with Crippen LogP contribution in [0.2, 0.25) is 5.02 Å². The van der Waals surface area contributed by atoms with Crippen LogP contribution in [0.15, 0.2) is 16.7 Å². The first kappa shape index (κ1) is 18.5. The third-order valence-electron chi connectivity index (χ3n) is 4.66. The van der Waals surface area contributed by atoms with Crippen molar-refractivity contribution in [1.82, 2.24) is 9.97 Å². The average Bonchev–Trinajstić information content (AvgIpc) is 3.16. The fourth-order valence-corrected chi connectivity index (χ4v) is 3.41. The Morgan fingerprint density at radius 2 is 2.19 bits per heavy atom. The highest BCUT2D eigenvalue weighted by Gasteiger charge is 2.28. The predicted molar refractivity (Wildman–Crippen MR) is 101 cm³/mol. The van der Waals surface area contributed by atoms with Gasteiger partial charge in [0.15, 0.2) is 0 Å². The van der Waals surface area contributed by atoms with Crippen molar-refractivity contribution < 1.29 is 13.9 Å². The van der Waals surface area contributed by atoms with Gasteiger partial charge in [0.05, 0.1) is 29.8 Å². The molecular formula is C18H23ClN4O3. The lowest BCUT2D eigenvalue weighted by Crippen LogP contribution is -2.37. The summed E-state index contributed by atoms with van der Waals surface area (Å²) in [6.07, 6.45) is 3.94. The Morgan fingerprint density at radius 3 is 2.77 bits per heavy atom. The summed E-state index contributed by atoms with van der Waals surface area (Å²) >= 11 is 6.52. The number of nitrogens with zero attached hydrogens (tertiary/aromatic N) is 3. The van der Waals surface area contributed by atoms with Crippen molar-refractivity contribution >= 4 is 29.2 Å². The predicted octanol–water partition coefficient (Wildman–Crippen LogP) is 3.38. The van der Waals surface area contributed by atoms with Gasteiger partial charge < -0.3 is 19.4 Å². The summed E-state index contributed by atoms with van der Waals surface area (Å²) in [6, 6.07) is 1.83. The van der Waals surface area contributed by atoms with Crippen molar-refractivity contribution in [2.45, 2.75) is 26.2 Å². The van der Waals surface area contributed by atoms with Crippen LogP contribution in [0.5, 0.6) is 0 Å². The van der Waals surface area contributed by atoms with Gasteiger partial charge >= 0.3 is 5.97 Å². The molecule has 1 aliphatic heterocycles. The average molecular weight is 379 g/mol. The minimum atomic E-state index is -0.148. The molecule has 0 atom stereocenters. The summed E-state index contributed by atoms with van der Waals surface area (Å²) < 4.78 is 10.6. The number of anilines is 2. The maximum atomic E-state index is 11.7. The van der Waals surface area contributed by atoms with Crippen molar-refractivity contribution in [1.29, 1.82) is 0 Å². The summed E-state index contributed by atoms with van der Waals surface area (Å²) in [7, 11) is 3.23. The topological polar surface area (TPSA) is 80.5 Å². The molecule has 0 amide bonds. The van der Waals surface area contributed by atoms with Gasteiger partial charge in [0.25, 0.3) is 0 Å². The van der Waals surface area contributed by atoms with Gasteiger partial charge in [-0.2, -0.15) is 0 Å². The Bertz CT molecular complexity index is 785. The second-order valence-electron chi connectivity index (χ2n) is 6.21. The quantitative estimate of drug-likeness (QED) is 0.798. The molecule has 0 bridgehead atoms. The molecule has 1 fully saturated rings. The molecule has 3 heterocycles. The fourth-order valence-electron chi connectivity index (χ4n) is 3.14. The minimum Gasteiger partial charge on any atom is -0.469 e. The molecule has 7 nitrogen and oxygen atoms in total. The Hall–Kier alpha value is -2.28. The smallest absolute Gasteiger partial charge is 0.308 e. The van der Waals surface area contributed by atoms with Crippen LogP contribution in [0.4, 0.5) is 11.6 Å². The highest BCUT2D eigenvalue weighted by atomic mass is 35.5. The number of carbonyl (C=O) groups is 1. The van der Waals surface area contributed by atoms with Crippen molar-refractivity contribution in [3.8, 4) is 11.5 Å².